The average molecular weight is 330 g/mol. The van der Waals surface area contributed by atoms with Crippen molar-refractivity contribution < 1.29 is 4.48 Å². The molecule has 1 rings (SSSR count). The number of hydrogen-bond acceptors (Lipinski definition) is 0. The summed E-state index contributed by atoms with van der Waals surface area (Å²) in [6.45, 7) is 6.79. The SMILES string of the molecule is C[N+](C)(C)C.[B]c1ccc(CCCC)c(CCCC)c1CCCC. The molecule has 0 saturated carbocycles. The molecular weight excluding hydrogens is 289 g/mol. The Bertz CT molecular complexity index is 440. The van der Waals surface area contributed by atoms with Crippen LogP contribution in [0.15, 0.2) is 12.1 Å². The van der Waals surface area contributed by atoms with Gasteiger partial charge in [0, 0.05) is 0 Å². The summed E-state index contributed by atoms with van der Waals surface area (Å²) in [4.78, 5) is 0. The van der Waals surface area contributed by atoms with E-state index in [1.807, 2.05) is 0 Å². The van der Waals surface area contributed by atoms with Gasteiger partial charge in [-0.15, -0.1) is 0 Å². The molecule has 0 unspecified atom stereocenters. The molecule has 0 aromatic heterocycles. The van der Waals surface area contributed by atoms with E-state index in [4.69, 9.17) is 7.85 Å². The number of aryl methyl sites for hydroxylation is 1. The second-order valence-electron chi connectivity index (χ2n) is 8.26. The van der Waals surface area contributed by atoms with Crippen LogP contribution in [0.2, 0.25) is 0 Å². The molecule has 0 fully saturated rings. The minimum atomic E-state index is 1.00. The van der Waals surface area contributed by atoms with Gasteiger partial charge in [-0.25, -0.2) is 0 Å². The fourth-order valence-electron chi connectivity index (χ4n) is 2.67. The lowest BCUT2D eigenvalue weighted by molar-refractivity contribution is -0.849. The van der Waals surface area contributed by atoms with Crippen LogP contribution in [-0.2, 0) is 19.3 Å². The van der Waals surface area contributed by atoms with Crippen LogP contribution in [-0.4, -0.2) is 40.5 Å². The molecule has 1 aromatic rings. The summed E-state index contributed by atoms with van der Waals surface area (Å²) in [5, 5.41) is 0. The van der Waals surface area contributed by atoms with Gasteiger partial charge in [-0.1, -0.05) is 63.2 Å². The van der Waals surface area contributed by atoms with Crippen LogP contribution in [0, 0.1) is 0 Å². The van der Waals surface area contributed by atoms with E-state index >= 15 is 0 Å². The number of unbranched alkanes of at least 4 members (excludes halogenated alkanes) is 3. The maximum atomic E-state index is 6.23. The van der Waals surface area contributed by atoms with E-state index in [1.165, 1.54) is 56.9 Å². The van der Waals surface area contributed by atoms with Crippen LogP contribution in [0.1, 0.15) is 76.0 Å². The molecule has 0 aliphatic rings. The van der Waals surface area contributed by atoms with Crippen molar-refractivity contribution >= 4 is 13.3 Å². The molecule has 0 amide bonds. The zero-order valence-electron chi connectivity index (χ0n) is 17.5. The fourth-order valence-corrected chi connectivity index (χ4v) is 2.67. The number of benzene rings is 1. The topological polar surface area (TPSA) is 0 Å². The van der Waals surface area contributed by atoms with Crippen molar-refractivity contribution in [3.8, 4) is 0 Å². The molecule has 2 radical (unpaired) electrons. The predicted molar refractivity (Wildman–Crippen MR) is 112 cm³/mol. The first kappa shape index (κ1) is 23.2. The van der Waals surface area contributed by atoms with E-state index < -0.39 is 0 Å². The Hall–Kier alpha value is -0.755. The maximum Gasteiger partial charge on any atom is 0.114 e. The van der Waals surface area contributed by atoms with Crippen molar-refractivity contribution in [3.05, 3.63) is 28.8 Å². The lowest BCUT2D eigenvalue weighted by Crippen LogP contribution is -2.27. The molecule has 0 atom stereocenters. The Morgan fingerprint density at radius 1 is 0.708 bits per heavy atom. The predicted octanol–water partition coefficient (Wildman–Crippen LogP) is 4.83. The zero-order valence-corrected chi connectivity index (χ0v) is 17.5. The fraction of sp³-hybridized carbons (Fsp3) is 0.727. The molecule has 0 aliphatic carbocycles. The zero-order chi connectivity index (χ0) is 18.6. The first-order chi connectivity index (χ1) is 11.2. The molecule has 0 aliphatic heterocycles. The third-order valence-electron chi connectivity index (χ3n) is 3.92. The van der Waals surface area contributed by atoms with Crippen molar-refractivity contribution in [1.29, 1.82) is 0 Å². The van der Waals surface area contributed by atoms with Gasteiger partial charge in [-0.3, -0.25) is 0 Å². The van der Waals surface area contributed by atoms with Crippen LogP contribution in [0.3, 0.4) is 0 Å². The van der Waals surface area contributed by atoms with Crippen LogP contribution in [0.5, 0.6) is 0 Å². The Labute approximate surface area is 153 Å². The Morgan fingerprint density at radius 2 is 1.12 bits per heavy atom. The normalized spacial score (nSPS) is 11.1. The second kappa shape index (κ2) is 12.6. The molecule has 0 saturated heterocycles. The maximum absolute atomic E-state index is 6.23. The van der Waals surface area contributed by atoms with Crippen LogP contribution in [0.25, 0.3) is 0 Å². The Kier molecular flexibility index (Phi) is 12.2. The van der Waals surface area contributed by atoms with Crippen molar-refractivity contribution in [3.63, 3.8) is 0 Å². The van der Waals surface area contributed by atoms with Gasteiger partial charge in [0.1, 0.15) is 7.85 Å². The van der Waals surface area contributed by atoms with Gasteiger partial charge < -0.3 is 4.48 Å². The van der Waals surface area contributed by atoms with Gasteiger partial charge in [0.05, 0.1) is 28.2 Å². The minimum Gasteiger partial charge on any atom is -0.333 e. The smallest absolute Gasteiger partial charge is 0.114 e. The van der Waals surface area contributed by atoms with Crippen LogP contribution in [0.4, 0.5) is 0 Å². The van der Waals surface area contributed by atoms with Gasteiger partial charge in [0.25, 0.3) is 0 Å². The quantitative estimate of drug-likeness (QED) is 0.449. The summed E-state index contributed by atoms with van der Waals surface area (Å²) in [6.07, 6.45) is 11.2. The van der Waals surface area contributed by atoms with Crippen LogP contribution >= 0.6 is 0 Å². The highest BCUT2D eigenvalue weighted by molar-refractivity contribution is 6.33. The largest absolute Gasteiger partial charge is 0.333 e. The lowest BCUT2D eigenvalue weighted by atomic mass is 9.81. The van der Waals surface area contributed by atoms with Crippen molar-refractivity contribution in [1.82, 2.24) is 0 Å². The first-order valence-corrected chi connectivity index (χ1v) is 9.92. The summed E-state index contributed by atoms with van der Waals surface area (Å²) in [5.41, 5.74) is 5.59. The minimum absolute atomic E-state index is 1.00. The van der Waals surface area contributed by atoms with Gasteiger partial charge in [-0.2, -0.15) is 0 Å². The molecule has 0 spiro atoms. The van der Waals surface area contributed by atoms with Gasteiger partial charge in [0.15, 0.2) is 0 Å². The van der Waals surface area contributed by atoms with Gasteiger partial charge >= 0.3 is 0 Å². The molecule has 0 heterocycles. The summed E-state index contributed by atoms with van der Waals surface area (Å²) in [7, 11) is 14.7. The Balaban J connectivity index is 0.000000922. The molecular formula is C22H41BN+. The van der Waals surface area contributed by atoms with E-state index in [2.05, 4.69) is 61.1 Å². The molecule has 136 valence electrons. The molecule has 0 bridgehead atoms. The van der Waals surface area contributed by atoms with Crippen LogP contribution < -0.4 is 5.46 Å². The third-order valence-corrected chi connectivity index (χ3v) is 3.92. The summed E-state index contributed by atoms with van der Waals surface area (Å²) in [5.74, 6) is 0. The van der Waals surface area contributed by atoms with E-state index in [9.17, 15) is 0 Å². The average Bonchev–Trinajstić information content (AvgIpc) is 2.49. The molecule has 1 aromatic carbocycles. The van der Waals surface area contributed by atoms with E-state index in [1.54, 1.807) is 11.1 Å². The second-order valence-corrected chi connectivity index (χ2v) is 8.26. The number of quaternary nitrogens is 1. The molecule has 1 nitrogen and oxygen atoms in total. The lowest BCUT2D eigenvalue weighted by Gasteiger charge is -2.18. The van der Waals surface area contributed by atoms with Gasteiger partial charge in [-0.05, 0) is 49.7 Å². The molecule has 2 heteroatoms. The third kappa shape index (κ3) is 10.9. The Morgan fingerprint density at radius 3 is 1.58 bits per heavy atom. The van der Waals surface area contributed by atoms with Crippen molar-refractivity contribution in [2.24, 2.45) is 0 Å². The molecule has 0 N–H and O–H groups in total. The van der Waals surface area contributed by atoms with Gasteiger partial charge in [0.2, 0.25) is 0 Å². The number of rotatable bonds is 9. The highest BCUT2D eigenvalue weighted by Crippen LogP contribution is 2.20. The van der Waals surface area contributed by atoms with Crippen molar-refractivity contribution in [2.75, 3.05) is 28.2 Å². The number of hydrogen-bond donors (Lipinski definition) is 0. The monoisotopic (exact) mass is 330 g/mol. The standard InChI is InChI=1S/C18H29B.C4H12N/c1-4-7-10-15-13-14-18(19)17(12-9-6-3)16(15)11-8-5-2;1-5(2,3)4/h13-14H,4-12H2,1-3H3;1-4H3/q;+1. The van der Waals surface area contributed by atoms with E-state index in [-0.39, 0.29) is 0 Å². The van der Waals surface area contributed by atoms with Crippen molar-refractivity contribution in [2.45, 2.75) is 78.6 Å². The first-order valence-electron chi connectivity index (χ1n) is 9.92. The summed E-state index contributed by atoms with van der Waals surface area (Å²) < 4.78 is 1.00. The summed E-state index contributed by atoms with van der Waals surface area (Å²) >= 11 is 0. The van der Waals surface area contributed by atoms with E-state index in [0.717, 1.165) is 16.4 Å². The number of nitrogens with zero attached hydrogens (tertiary/aromatic N) is 1. The van der Waals surface area contributed by atoms with E-state index in [0.29, 0.717) is 0 Å². The summed E-state index contributed by atoms with van der Waals surface area (Å²) in [6, 6.07) is 4.40. The molecule has 24 heavy (non-hydrogen) atoms. The highest BCUT2D eigenvalue weighted by Gasteiger charge is 2.10. The highest BCUT2D eigenvalue weighted by atomic mass is 15.2.